The van der Waals surface area contributed by atoms with Gasteiger partial charge in [-0.25, -0.2) is 4.98 Å². The van der Waals surface area contributed by atoms with Gasteiger partial charge in [-0.1, -0.05) is 13.8 Å². The van der Waals surface area contributed by atoms with E-state index in [0.29, 0.717) is 6.42 Å². The normalized spacial score (nSPS) is 14.8. The Kier molecular flexibility index (Phi) is 6.61. The van der Waals surface area contributed by atoms with Crippen molar-refractivity contribution >= 4 is 28.6 Å². The summed E-state index contributed by atoms with van der Waals surface area (Å²) in [5, 5.41) is 0.161. The molecule has 170 valence electrons. The largest absolute Gasteiger partial charge is 0.478 e. The molecule has 0 spiro atoms. The Bertz CT molecular complexity index is 1120. The highest BCUT2D eigenvalue weighted by molar-refractivity contribution is 6.27. The highest BCUT2D eigenvalue weighted by atomic mass is 19.4. The van der Waals surface area contributed by atoms with E-state index < -0.39 is 46.5 Å². The maximum absolute atomic E-state index is 13.8. The van der Waals surface area contributed by atoms with Gasteiger partial charge in [0.1, 0.15) is 11.3 Å². The molecule has 3 rings (SSSR count). The van der Waals surface area contributed by atoms with Crippen molar-refractivity contribution in [3.8, 4) is 5.88 Å². The zero-order valence-corrected chi connectivity index (χ0v) is 17.7. The van der Waals surface area contributed by atoms with Gasteiger partial charge < -0.3 is 9.47 Å². The summed E-state index contributed by atoms with van der Waals surface area (Å²) >= 11 is 0. The Morgan fingerprint density at radius 3 is 2.50 bits per heavy atom. The summed E-state index contributed by atoms with van der Waals surface area (Å²) in [4.78, 5) is 45.2. The number of alkyl halides is 3. The molecule has 0 radical (unpaired) electrons. The first-order valence-electron chi connectivity index (χ1n) is 10.1. The van der Waals surface area contributed by atoms with Crippen LogP contribution in [-0.2, 0) is 20.5 Å². The number of ketones is 2. The van der Waals surface area contributed by atoms with Crippen molar-refractivity contribution in [1.82, 2.24) is 9.97 Å². The molecule has 1 aliphatic carbocycles. The maximum Gasteiger partial charge on any atom is 0.434 e. The molecule has 0 bridgehead atoms. The Hall–Kier alpha value is -3.30. The number of hydrogen-bond donors (Lipinski definition) is 0. The molecule has 0 saturated heterocycles. The zero-order chi connectivity index (χ0) is 23.6. The lowest BCUT2D eigenvalue weighted by Gasteiger charge is -2.20. The van der Waals surface area contributed by atoms with Gasteiger partial charge in [-0.15, -0.1) is 0 Å². The monoisotopic (exact) mass is 450 g/mol. The van der Waals surface area contributed by atoms with E-state index in [4.69, 9.17) is 9.47 Å². The highest BCUT2D eigenvalue weighted by Gasteiger charge is 2.40. The van der Waals surface area contributed by atoms with Gasteiger partial charge in [-0.3, -0.25) is 14.4 Å². The second-order valence-electron chi connectivity index (χ2n) is 7.49. The summed E-state index contributed by atoms with van der Waals surface area (Å²) in [5.41, 5.74) is -3.08. The highest BCUT2D eigenvalue weighted by Crippen LogP contribution is 2.35. The lowest BCUT2D eigenvalue weighted by atomic mass is 9.89. The van der Waals surface area contributed by atoms with Crippen LogP contribution in [0.2, 0.25) is 0 Å². The lowest BCUT2D eigenvalue weighted by molar-refractivity contribution is -0.144. The number of fused-ring (bicyclic) bond motifs is 1. The van der Waals surface area contributed by atoms with E-state index in [9.17, 15) is 27.6 Å². The van der Waals surface area contributed by atoms with Crippen molar-refractivity contribution in [1.29, 1.82) is 0 Å². The van der Waals surface area contributed by atoms with E-state index in [1.165, 1.54) is 12.1 Å². The molecule has 0 amide bonds. The van der Waals surface area contributed by atoms with Crippen molar-refractivity contribution in [2.75, 3.05) is 6.61 Å². The van der Waals surface area contributed by atoms with Gasteiger partial charge in [0.25, 0.3) is 0 Å². The van der Waals surface area contributed by atoms with Crippen molar-refractivity contribution in [2.45, 2.75) is 46.2 Å². The molecule has 0 aromatic carbocycles. The van der Waals surface area contributed by atoms with E-state index in [0.717, 1.165) is 6.07 Å². The molecule has 2 aromatic rings. The van der Waals surface area contributed by atoms with Crippen LogP contribution in [0.15, 0.2) is 29.5 Å². The minimum absolute atomic E-state index is 0.0363. The second-order valence-corrected chi connectivity index (χ2v) is 7.49. The molecule has 0 saturated carbocycles. The molecular weight excluding hydrogens is 429 g/mol. The standard InChI is InChI=1S/C22H21F3N2O5/c1-4-31-16-9-8-12-10-13(19(22(23,24)25)27-20(12)26-16)18(29)17-14(28)6-5-7-15(17)32-21(30)11(2)3/h8-11H,4-7H2,1-3H3. The SMILES string of the molecule is CCOc1ccc2cc(C(=O)C3=C(OC(=O)C(C)C)CCCC3=O)c(C(F)(F)F)nc2n1. The van der Waals surface area contributed by atoms with Crippen molar-refractivity contribution in [3.05, 3.63) is 40.8 Å². The first kappa shape index (κ1) is 23.4. The minimum atomic E-state index is -4.99. The summed E-state index contributed by atoms with van der Waals surface area (Å²) in [7, 11) is 0. The van der Waals surface area contributed by atoms with Crippen molar-refractivity contribution in [3.63, 3.8) is 0 Å². The van der Waals surface area contributed by atoms with E-state index >= 15 is 0 Å². The number of allylic oxidation sites excluding steroid dienone is 2. The van der Waals surface area contributed by atoms with E-state index in [1.807, 2.05) is 0 Å². The summed E-state index contributed by atoms with van der Waals surface area (Å²) < 4.78 is 51.8. The summed E-state index contributed by atoms with van der Waals surface area (Å²) in [6, 6.07) is 3.86. The lowest BCUT2D eigenvalue weighted by Crippen LogP contribution is -2.25. The van der Waals surface area contributed by atoms with Gasteiger partial charge >= 0.3 is 12.1 Å². The molecule has 0 atom stereocenters. The Labute approximate surface area is 181 Å². The third-order valence-corrected chi connectivity index (χ3v) is 4.75. The van der Waals surface area contributed by atoms with Gasteiger partial charge in [0.15, 0.2) is 17.1 Å². The van der Waals surface area contributed by atoms with E-state index in [2.05, 4.69) is 9.97 Å². The number of ether oxygens (including phenoxy) is 2. The van der Waals surface area contributed by atoms with Gasteiger partial charge in [0, 0.05) is 24.3 Å². The Morgan fingerprint density at radius 1 is 1.16 bits per heavy atom. The fraction of sp³-hybridized carbons (Fsp3) is 0.409. The molecule has 0 unspecified atom stereocenters. The van der Waals surface area contributed by atoms with E-state index in [-0.39, 0.29) is 42.1 Å². The molecule has 0 N–H and O–H groups in total. The average Bonchev–Trinajstić information content (AvgIpc) is 2.72. The first-order chi connectivity index (χ1) is 15.0. The topological polar surface area (TPSA) is 95.5 Å². The van der Waals surface area contributed by atoms with Crippen molar-refractivity contribution < 1.29 is 37.0 Å². The third-order valence-electron chi connectivity index (χ3n) is 4.75. The van der Waals surface area contributed by atoms with Crippen LogP contribution in [0.5, 0.6) is 5.88 Å². The number of pyridine rings is 2. The molecule has 0 fully saturated rings. The maximum atomic E-state index is 13.8. The van der Waals surface area contributed by atoms with Crippen LogP contribution < -0.4 is 4.74 Å². The molecule has 32 heavy (non-hydrogen) atoms. The number of nitrogens with zero attached hydrogens (tertiary/aromatic N) is 2. The van der Waals surface area contributed by atoms with Crippen LogP contribution in [0, 0.1) is 5.92 Å². The zero-order valence-electron chi connectivity index (χ0n) is 17.7. The molecule has 1 aliphatic rings. The molecule has 0 aliphatic heterocycles. The average molecular weight is 450 g/mol. The fourth-order valence-corrected chi connectivity index (χ4v) is 3.20. The number of carbonyl (C=O) groups excluding carboxylic acids is 3. The molecule has 2 aromatic heterocycles. The first-order valence-corrected chi connectivity index (χ1v) is 10.1. The van der Waals surface area contributed by atoms with Crippen LogP contribution in [0.25, 0.3) is 11.0 Å². The second kappa shape index (κ2) is 9.05. The Balaban J connectivity index is 2.18. The number of hydrogen-bond acceptors (Lipinski definition) is 7. The number of aromatic nitrogens is 2. The fourth-order valence-electron chi connectivity index (χ4n) is 3.20. The van der Waals surface area contributed by atoms with Crippen LogP contribution in [0.3, 0.4) is 0 Å². The minimum Gasteiger partial charge on any atom is -0.478 e. The van der Waals surface area contributed by atoms with Gasteiger partial charge in [-0.2, -0.15) is 18.2 Å². The molecule has 10 heteroatoms. The smallest absolute Gasteiger partial charge is 0.434 e. The van der Waals surface area contributed by atoms with Crippen LogP contribution >= 0.6 is 0 Å². The number of rotatable bonds is 6. The quantitative estimate of drug-likeness (QED) is 0.365. The van der Waals surface area contributed by atoms with Crippen LogP contribution in [0.4, 0.5) is 13.2 Å². The molecule has 7 nitrogen and oxygen atoms in total. The van der Waals surface area contributed by atoms with Gasteiger partial charge in [-0.05, 0) is 25.5 Å². The molecule has 2 heterocycles. The number of carbonyl (C=O) groups is 3. The number of esters is 1. The summed E-state index contributed by atoms with van der Waals surface area (Å²) in [6.07, 6.45) is -4.61. The van der Waals surface area contributed by atoms with Crippen LogP contribution in [-0.4, -0.2) is 34.1 Å². The van der Waals surface area contributed by atoms with Crippen LogP contribution in [0.1, 0.15) is 56.1 Å². The van der Waals surface area contributed by atoms with E-state index in [1.54, 1.807) is 20.8 Å². The van der Waals surface area contributed by atoms with Crippen molar-refractivity contribution in [2.24, 2.45) is 5.92 Å². The van der Waals surface area contributed by atoms with Gasteiger partial charge in [0.2, 0.25) is 11.7 Å². The summed E-state index contributed by atoms with van der Waals surface area (Å²) in [6.45, 7) is 5.08. The number of halogens is 3. The number of Topliss-reactive ketones (excluding diaryl/α,β-unsaturated/α-hetero) is 2. The summed E-state index contributed by atoms with van der Waals surface area (Å²) in [5.74, 6) is -3.20. The predicted octanol–water partition coefficient (Wildman–Crippen LogP) is 4.44. The molecular formula is C22H21F3N2O5. The Morgan fingerprint density at radius 2 is 1.88 bits per heavy atom. The third kappa shape index (κ3) is 4.79. The predicted molar refractivity (Wildman–Crippen MR) is 107 cm³/mol. The van der Waals surface area contributed by atoms with Gasteiger partial charge in [0.05, 0.1) is 18.1 Å².